The Bertz CT molecular complexity index is 1090. The highest BCUT2D eigenvalue weighted by Crippen LogP contribution is 2.36. The molecule has 6 nitrogen and oxygen atoms in total. The van der Waals surface area contributed by atoms with Crippen molar-refractivity contribution in [3.8, 4) is 11.1 Å². The minimum atomic E-state index is -1.16. The third kappa shape index (κ3) is 3.54. The molecule has 1 unspecified atom stereocenters. The van der Waals surface area contributed by atoms with Crippen LogP contribution in [0.4, 0.5) is 8.78 Å². The maximum absolute atomic E-state index is 14.8. The number of amides is 2. The molecule has 0 saturated carbocycles. The van der Waals surface area contributed by atoms with Crippen LogP contribution in [0.3, 0.4) is 0 Å². The Kier molecular flexibility index (Phi) is 5.15. The Balaban J connectivity index is 1.73. The van der Waals surface area contributed by atoms with Gasteiger partial charge in [0.15, 0.2) is 6.17 Å². The molecule has 1 aromatic carbocycles. The molecular weight excluding hydrogens is 468 g/mol. The fraction of sp³-hybridized carbons (Fsp3) is 0.105. The molecule has 2 aromatic heterocycles. The Labute approximate surface area is 176 Å². The van der Waals surface area contributed by atoms with Crippen molar-refractivity contribution in [2.75, 3.05) is 6.54 Å². The predicted molar refractivity (Wildman–Crippen MR) is 104 cm³/mol. The first-order valence-corrected chi connectivity index (χ1v) is 9.99. The number of rotatable bonds is 3. The molecule has 3 aromatic rings. The summed E-state index contributed by atoms with van der Waals surface area (Å²) in [6, 6.07) is 6.96. The number of carbonyl (C=O) groups is 2. The van der Waals surface area contributed by atoms with Crippen molar-refractivity contribution in [3.63, 3.8) is 0 Å². The van der Waals surface area contributed by atoms with Gasteiger partial charge in [0.1, 0.15) is 23.7 Å². The lowest BCUT2D eigenvalue weighted by atomic mass is 10.0. The average Bonchev–Trinajstić information content (AvgIpc) is 3.25. The lowest BCUT2D eigenvalue weighted by molar-refractivity contribution is -0.168. The third-order valence-corrected chi connectivity index (χ3v) is 6.18. The number of hydrogen-bond acceptors (Lipinski definition) is 5. The van der Waals surface area contributed by atoms with Crippen LogP contribution in [-0.2, 0) is 4.79 Å². The van der Waals surface area contributed by atoms with E-state index in [-0.39, 0.29) is 5.56 Å². The van der Waals surface area contributed by atoms with Gasteiger partial charge in [-0.25, -0.2) is 8.78 Å². The highest BCUT2D eigenvalue weighted by molar-refractivity contribution is 9.10. The lowest BCUT2D eigenvalue weighted by Gasteiger charge is -2.25. The molecule has 3 heterocycles. The number of pyridine rings is 1. The van der Waals surface area contributed by atoms with Crippen LogP contribution in [0.25, 0.3) is 11.1 Å². The Morgan fingerprint density at radius 2 is 1.97 bits per heavy atom. The fourth-order valence-electron chi connectivity index (χ4n) is 3.11. The molecule has 1 N–H and O–H groups in total. The van der Waals surface area contributed by atoms with Crippen LogP contribution in [0.2, 0.25) is 0 Å². The highest BCUT2D eigenvalue weighted by Gasteiger charge is 2.43. The van der Waals surface area contributed by atoms with Crippen molar-refractivity contribution in [2.24, 2.45) is 0 Å². The topological polar surface area (TPSA) is 73.7 Å². The van der Waals surface area contributed by atoms with Crippen LogP contribution < -0.4 is 0 Å². The van der Waals surface area contributed by atoms with Crippen LogP contribution >= 0.6 is 27.3 Å². The first-order valence-electron chi connectivity index (χ1n) is 8.32. The molecule has 2 amide bonds. The van der Waals surface area contributed by atoms with Gasteiger partial charge in [0.2, 0.25) is 0 Å². The summed E-state index contributed by atoms with van der Waals surface area (Å²) >= 11 is 4.45. The number of halogens is 3. The monoisotopic (exact) mass is 479 g/mol. The van der Waals surface area contributed by atoms with E-state index in [0.717, 1.165) is 17.0 Å². The van der Waals surface area contributed by atoms with Gasteiger partial charge in [-0.05, 0) is 45.8 Å². The zero-order valence-electron chi connectivity index (χ0n) is 14.6. The number of hydroxylamine groups is 2. The molecular formula is C19H12BrF2N3O3S. The van der Waals surface area contributed by atoms with E-state index in [2.05, 4.69) is 20.9 Å². The van der Waals surface area contributed by atoms with E-state index in [0.29, 0.717) is 20.0 Å². The molecule has 1 saturated heterocycles. The van der Waals surface area contributed by atoms with E-state index in [1.54, 1.807) is 23.6 Å². The van der Waals surface area contributed by atoms with Gasteiger partial charge in [-0.2, -0.15) is 5.06 Å². The second-order valence-electron chi connectivity index (χ2n) is 6.27. The Morgan fingerprint density at radius 1 is 1.24 bits per heavy atom. The number of hydrogen-bond donors (Lipinski definition) is 1. The number of carbonyl (C=O) groups excluding carboxylic acids is 2. The van der Waals surface area contributed by atoms with Crippen LogP contribution in [0.1, 0.15) is 21.4 Å². The maximum atomic E-state index is 14.8. The standard InChI is InChI=1S/C19H12BrF2N3O3S/c20-12-6-15(29-9-12)18-24(8-16(26)25(18)28)19(27)17-13(21)4-11(5-14(17)22)10-2-1-3-23-7-10/h1-7,9,18,28H,8H2. The van der Waals surface area contributed by atoms with E-state index in [4.69, 9.17) is 0 Å². The molecule has 148 valence electrons. The molecule has 1 fully saturated rings. The molecule has 0 spiro atoms. The largest absolute Gasteiger partial charge is 0.302 e. The quantitative estimate of drug-likeness (QED) is 0.570. The van der Waals surface area contributed by atoms with Gasteiger partial charge >= 0.3 is 0 Å². The minimum Gasteiger partial charge on any atom is -0.302 e. The fourth-order valence-corrected chi connectivity index (χ4v) is 4.65. The predicted octanol–water partition coefficient (Wildman–Crippen LogP) is 4.22. The number of thiophene rings is 1. The van der Waals surface area contributed by atoms with Crippen molar-refractivity contribution in [3.05, 3.63) is 74.7 Å². The minimum absolute atomic E-state index is 0.227. The molecule has 0 aliphatic carbocycles. The highest BCUT2D eigenvalue weighted by atomic mass is 79.9. The van der Waals surface area contributed by atoms with Crippen LogP contribution in [-0.4, -0.2) is 38.5 Å². The summed E-state index contributed by atoms with van der Waals surface area (Å²) in [4.78, 5) is 30.3. The van der Waals surface area contributed by atoms with Crippen molar-refractivity contribution in [1.82, 2.24) is 14.9 Å². The van der Waals surface area contributed by atoms with E-state index < -0.39 is 41.7 Å². The molecule has 0 radical (unpaired) electrons. The summed E-state index contributed by atoms with van der Waals surface area (Å²) in [6.45, 7) is -0.501. The van der Waals surface area contributed by atoms with E-state index >= 15 is 0 Å². The third-order valence-electron chi connectivity index (χ3n) is 4.44. The molecule has 4 rings (SSSR count). The Morgan fingerprint density at radius 3 is 2.55 bits per heavy atom. The Hall–Kier alpha value is -2.69. The second-order valence-corrected chi connectivity index (χ2v) is 8.13. The SMILES string of the molecule is O=C1CN(C(=O)c2c(F)cc(-c3cccnc3)cc2F)C(c2cc(Br)cs2)N1O. The second kappa shape index (κ2) is 7.62. The van der Waals surface area contributed by atoms with Crippen molar-refractivity contribution in [1.29, 1.82) is 0 Å². The zero-order valence-corrected chi connectivity index (χ0v) is 17.0. The summed E-state index contributed by atoms with van der Waals surface area (Å²) in [5, 5.41) is 12.2. The number of nitrogens with zero attached hydrogens (tertiary/aromatic N) is 3. The molecule has 1 aliphatic rings. The average molecular weight is 480 g/mol. The van der Waals surface area contributed by atoms with Gasteiger partial charge in [-0.3, -0.25) is 19.8 Å². The number of aromatic nitrogens is 1. The van der Waals surface area contributed by atoms with Crippen molar-refractivity contribution >= 4 is 39.1 Å². The van der Waals surface area contributed by atoms with Crippen LogP contribution in [0, 0.1) is 11.6 Å². The molecule has 29 heavy (non-hydrogen) atoms. The molecule has 10 heteroatoms. The zero-order chi connectivity index (χ0) is 20.7. The summed E-state index contributed by atoms with van der Waals surface area (Å²) in [7, 11) is 0. The first kappa shape index (κ1) is 19.6. The van der Waals surface area contributed by atoms with Gasteiger partial charge < -0.3 is 4.90 Å². The first-order chi connectivity index (χ1) is 13.9. The van der Waals surface area contributed by atoms with Gasteiger partial charge in [-0.1, -0.05) is 6.07 Å². The van der Waals surface area contributed by atoms with Crippen molar-refractivity contribution < 1.29 is 23.6 Å². The summed E-state index contributed by atoms with van der Waals surface area (Å²) in [5.41, 5.74) is -0.0745. The lowest BCUT2D eigenvalue weighted by Crippen LogP contribution is -2.34. The van der Waals surface area contributed by atoms with Gasteiger partial charge in [0, 0.05) is 27.8 Å². The van der Waals surface area contributed by atoms with Gasteiger partial charge in [0.05, 0.1) is 4.88 Å². The van der Waals surface area contributed by atoms with Crippen LogP contribution in [0.5, 0.6) is 0 Å². The van der Waals surface area contributed by atoms with Gasteiger partial charge in [-0.15, -0.1) is 11.3 Å². The van der Waals surface area contributed by atoms with Gasteiger partial charge in [0.25, 0.3) is 11.8 Å². The molecule has 1 atom stereocenters. The normalized spacial score (nSPS) is 16.6. The number of benzene rings is 1. The summed E-state index contributed by atoms with van der Waals surface area (Å²) in [6.07, 6.45) is 1.81. The van der Waals surface area contributed by atoms with E-state index in [1.807, 2.05) is 0 Å². The van der Waals surface area contributed by atoms with E-state index in [1.165, 1.54) is 23.7 Å². The summed E-state index contributed by atoms with van der Waals surface area (Å²) < 4.78 is 30.2. The smallest absolute Gasteiger partial charge is 0.268 e. The van der Waals surface area contributed by atoms with Crippen molar-refractivity contribution in [2.45, 2.75) is 6.17 Å². The van der Waals surface area contributed by atoms with Crippen LogP contribution in [0.15, 0.2) is 52.6 Å². The molecule has 0 bridgehead atoms. The molecule has 1 aliphatic heterocycles. The summed E-state index contributed by atoms with van der Waals surface area (Å²) in [5.74, 6) is -3.91. The van der Waals surface area contributed by atoms with E-state index in [9.17, 15) is 23.6 Å². The maximum Gasteiger partial charge on any atom is 0.268 e.